The smallest absolute Gasteiger partial charge is 0.0214 e. The third-order valence-corrected chi connectivity index (χ3v) is 5.13. The summed E-state index contributed by atoms with van der Waals surface area (Å²) < 4.78 is 0. The van der Waals surface area contributed by atoms with Gasteiger partial charge in [0.25, 0.3) is 0 Å². The molecule has 1 radical (unpaired) electrons. The van der Waals surface area contributed by atoms with Crippen LogP contribution in [0.4, 0.5) is 0 Å². The Balaban J connectivity index is 1.77. The zero-order valence-electron chi connectivity index (χ0n) is 12.7. The summed E-state index contributed by atoms with van der Waals surface area (Å²) >= 11 is 0. The fourth-order valence-electron chi connectivity index (χ4n) is 3.99. The Morgan fingerprint density at radius 2 is 1.38 bits per heavy atom. The maximum atomic E-state index is 2.43. The Hall–Kier alpha value is -1.56. The van der Waals surface area contributed by atoms with E-state index in [2.05, 4.69) is 42.8 Å². The van der Waals surface area contributed by atoms with Crippen LogP contribution in [0, 0.1) is 6.42 Å². The van der Waals surface area contributed by atoms with Gasteiger partial charge < -0.3 is 0 Å². The Kier molecular flexibility index (Phi) is 3.55. The first-order chi connectivity index (χ1) is 10.4. The summed E-state index contributed by atoms with van der Waals surface area (Å²) in [6.45, 7) is 0. The molecule has 0 fully saturated rings. The zero-order valence-corrected chi connectivity index (χ0v) is 12.7. The normalized spacial score (nSPS) is 17.7. The first-order valence-corrected chi connectivity index (χ1v) is 8.52. The van der Waals surface area contributed by atoms with Gasteiger partial charge in [0.05, 0.1) is 0 Å². The van der Waals surface area contributed by atoms with Gasteiger partial charge in [-0.05, 0) is 59.1 Å². The fraction of sp³-hybridized carbons (Fsp3) is 0.381. The standard InChI is InChI=1S/C21H23/c1-2-4-6-11-18-16(9-5-3-1)13-14-20-19-12-8-7-10-17(19)15-21(18)20/h7-8,10,12-15H,1-6,9,11H2. The predicted molar refractivity (Wildman–Crippen MR) is 89.5 cm³/mol. The lowest BCUT2D eigenvalue weighted by atomic mass is 9.88. The van der Waals surface area contributed by atoms with E-state index >= 15 is 0 Å². The van der Waals surface area contributed by atoms with Crippen LogP contribution in [0.2, 0.25) is 0 Å². The summed E-state index contributed by atoms with van der Waals surface area (Å²) in [5.41, 5.74) is 9.06. The molecule has 21 heavy (non-hydrogen) atoms. The molecule has 0 saturated heterocycles. The Bertz CT molecular complexity index is 651. The number of hydrogen-bond acceptors (Lipinski definition) is 0. The molecule has 4 rings (SSSR count). The highest BCUT2D eigenvalue weighted by atomic mass is 14.3. The van der Waals surface area contributed by atoms with E-state index < -0.39 is 0 Å². The van der Waals surface area contributed by atoms with Crippen LogP contribution in [0.1, 0.15) is 60.8 Å². The Labute approximate surface area is 128 Å². The second kappa shape index (κ2) is 5.67. The minimum Gasteiger partial charge on any atom is -0.0619 e. The van der Waals surface area contributed by atoms with E-state index in [0.717, 1.165) is 0 Å². The molecule has 0 saturated carbocycles. The van der Waals surface area contributed by atoms with Gasteiger partial charge in [0.2, 0.25) is 0 Å². The van der Waals surface area contributed by atoms with Gasteiger partial charge in [-0.1, -0.05) is 62.1 Å². The van der Waals surface area contributed by atoms with Crippen molar-refractivity contribution in [2.75, 3.05) is 0 Å². The molecule has 0 atom stereocenters. The average Bonchev–Trinajstić information content (AvgIpc) is 2.90. The molecule has 0 heterocycles. The number of benzene rings is 2. The first kappa shape index (κ1) is 13.1. The largest absolute Gasteiger partial charge is 0.0619 e. The van der Waals surface area contributed by atoms with Crippen LogP contribution >= 0.6 is 0 Å². The molecule has 2 aliphatic rings. The van der Waals surface area contributed by atoms with E-state index in [0.29, 0.717) is 0 Å². The molecule has 0 amide bonds. The lowest BCUT2D eigenvalue weighted by Gasteiger charge is -2.16. The molecule has 0 N–H and O–H groups in total. The fourth-order valence-corrected chi connectivity index (χ4v) is 3.99. The minimum atomic E-state index is 1.27. The highest BCUT2D eigenvalue weighted by Crippen LogP contribution is 2.41. The first-order valence-electron chi connectivity index (χ1n) is 8.52. The van der Waals surface area contributed by atoms with Crippen molar-refractivity contribution in [2.24, 2.45) is 0 Å². The Morgan fingerprint density at radius 1 is 0.619 bits per heavy atom. The van der Waals surface area contributed by atoms with Crippen LogP contribution in [-0.4, -0.2) is 0 Å². The summed E-state index contributed by atoms with van der Waals surface area (Å²) in [7, 11) is 0. The summed E-state index contributed by atoms with van der Waals surface area (Å²) in [5.74, 6) is 0. The van der Waals surface area contributed by atoms with E-state index in [-0.39, 0.29) is 0 Å². The van der Waals surface area contributed by atoms with E-state index in [9.17, 15) is 0 Å². The number of rotatable bonds is 0. The number of aryl methyl sites for hydroxylation is 1. The topological polar surface area (TPSA) is 0 Å². The van der Waals surface area contributed by atoms with Gasteiger partial charge in [-0.3, -0.25) is 0 Å². The molecule has 2 aromatic rings. The molecular formula is C21H23. The van der Waals surface area contributed by atoms with E-state index in [1.165, 1.54) is 73.6 Å². The number of hydrogen-bond donors (Lipinski definition) is 0. The zero-order chi connectivity index (χ0) is 14.1. The minimum absolute atomic E-state index is 1.27. The maximum Gasteiger partial charge on any atom is 0.0214 e. The van der Waals surface area contributed by atoms with E-state index in [4.69, 9.17) is 0 Å². The summed E-state index contributed by atoms with van der Waals surface area (Å²) in [6, 6.07) is 13.6. The van der Waals surface area contributed by atoms with Crippen molar-refractivity contribution in [3.8, 4) is 11.1 Å². The molecule has 2 aromatic carbocycles. The molecule has 2 aliphatic carbocycles. The van der Waals surface area contributed by atoms with Crippen LogP contribution in [0.15, 0.2) is 36.4 Å². The lowest BCUT2D eigenvalue weighted by molar-refractivity contribution is 0.580. The molecule has 0 aliphatic heterocycles. The predicted octanol–water partition coefficient (Wildman–Crippen LogP) is 5.71. The van der Waals surface area contributed by atoms with Crippen LogP contribution in [-0.2, 0) is 12.8 Å². The molecule has 107 valence electrons. The van der Waals surface area contributed by atoms with Gasteiger partial charge >= 0.3 is 0 Å². The number of fused-ring (bicyclic) bond motifs is 5. The van der Waals surface area contributed by atoms with Crippen LogP contribution in [0.25, 0.3) is 11.1 Å². The summed E-state index contributed by atoms with van der Waals surface area (Å²) in [4.78, 5) is 0. The summed E-state index contributed by atoms with van der Waals surface area (Å²) in [5, 5.41) is 0. The van der Waals surface area contributed by atoms with Crippen LogP contribution in [0.5, 0.6) is 0 Å². The SMILES string of the molecule is [CH]1c2ccccc2-c2ccc3c(c21)CCCCCCCC3. The summed E-state index contributed by atoms with van der Waals surface area (Å²) in [6.07, 6.45) is 13.3. The van der Waals surface area contributed by atoms with Crippen molar-refractivity contribution >= 4 is 0 Å². The highest BCUT2D eigenvalue weighted by Gasteiger charge is 2.22. The second-order valence-electron chi connectivity index (χ2n) is 6.52. The third-order valence-electron chi connectivity index (χ3n) is 5.13. The van der Waals surface area contributed by atoms with E-state index in [1.807, 2.05) is 0 Å². The van der Waals surface area contributed by atoms with E-state index in [1.54, 1.807) is 11.1 Å². The second-order valence-corrected chi connectivity index (χ2v) is 6.52. The van der Waals surface area contributed by atoms with Crippen LogP contribution < -0.4 is 0 Å². The maximum absolute atomic E-state index is 2.43. The van der Waals surface area contributed by atoms with Gasteiger partial charge in [-0.2, -0.15) is 0 Å². The van der Waals surface area contributed by atoms with Crippen molar-refractivity contribution < 1.29 is 0 Å². The van der Waals surface area contributed by atoms with Crippen molar-refractivity contribution in [3.05, 3.63) is 65.1 Å². The van der Waals surface area contributed by atoms with Crippen molar-refractivity contribution in [3.63, 3.8) is 0 Å². The van der Waals surface area contributed by atoms with Gasteiger partial charge in [0, 0.05) is 6.42 Å². The van der Waals surface area contributed by atoms with Crippen molar-refractivity contribution in [1.29, 1.82) is 0 Å². The van der Waals surface area contributed by atoms with Gasteiger partial charge in [0.15, 0.2) is 0 Å². The molecule has 0 nitrogen and oxygen atoms in total. The third kappa shape index (κ3) is 2.41. The lowest BCUT2D eigenvalue weighted by Crippen LogP contribution is -2.02. The molecule has 0 spiro atoms. The Morgan fingerprint density at radius 3 is 2.29 bits per heavy atom. The highest BCUT2D eigenvalue weighted by molar-refractivity contribution is 5.82. The average molecular weight is 275 g/mol. The van der Waals surface area contributed by atoms with Gasteiger partial charge in [0.1, 0.15) is 0 Å². The molecule has 0 aromatic heterocycles. The monoisotopic (exact) mass is 275 g/mol. The van der Waals surface area contributed by atoms with Gasteiger partial charge in [-0.15, -0.1) is 0 Å². The van der Waals surface area contributed by atoms with Gasteiger partial charge in [-0.25, -0.2) is 0 Å². The molecule has 0 unspecified atom stereocenters. The molecule has 0 heteroatoms. The molecular weight excluding hydrogens is 252 g/mol. The van der Waals surface area contributed by atoms with Crippen LogP contribution in [0.3, 0.4) is 0 Å². The van der Waals surface area contributed by atoms with Crippen molar-refractivity contribution in [2.45, 2.75) is 51.4 Å². The molecule has 0 bridgehead atoms. The quantitative estimate of drug-likeness (QED) is 0.493. The van der Waals surface area contributed by atoms with Crippen molar-refractivity contribution in [1.82, 2.24) is 0 Å².